The van der Waals surface area contributed by atoms with E-state index in [4.69, 9.17) is 0 Å². The van der Waals surface area contributed by atoms with Crippen LogP contribution in [0.25, 0.3) is 0 Å². The monoisotopic (exact) mass is 322 g/mol. The van der Waals surface area contributed by atoms with Gasteiger partial charge in [0.25, 0.3) is 0 Å². The number of hydrogen-bond acceptors (Lipinski definition) is 0. The van der Waals surface area contributed by atoms with E-state index in [1.165, 1.54) is 51.4 Å². The zero-order chi connectivity index (χ0) is 16.8. The first-order valence-corrected chi connectivity index (χ1v) is 10.2. The molecule has 2 saturated carbocycles. The van der Waals surface area contributed by atoms with Crippen molar-refractivity contribution in [3.8, 4) is 0 Å². The Morgan fingerprint density at radius 2 is 0.917 bits per heavy atom. The summed E-state index contributed by atoms with van der Waals surface area (Å²) in [6.07, 6.45) is 20.2. The summed E-state index contributed by atoms with van der Waals surface area (Å²) in [5, 5.41) is 0. The van der Waals surface area contributed by atoms with Gasteiger partial charge in [0.05, 0.1) is 0 Å². The molecule has 0 aromatic heterocycles. The van der Waals surface area contributed by atoms with E-state index in [0.717, 1.165) is 23.7 Å². The second kappa shape index (κ2) is 8.70. The Balaban J connectivity index is 1.54. The van der Waals surface area contributed by atoms with Crippen LogP contribution in [0.1, 0.15) is 88.2 Å². The molecule has 1 aromatic carbocycles. The van der Waals surface area contributed by atoms with Gasteiger partial charge in [-0.3, -0.25) is 0 Å². The van der Waals surface area contributed by atoms with Crippen molar-refractivity contribution in [2.45, 2.75) is 77.0 Å². The normalized spacial score (nSPS) is 31.8. The Kier molecular flexibility index (Phi) is 6.35. The average molecular weight is 323 g/mol. The molecule has 24 heavy (non-hydrogen) atoms. The number of benzene rings is 1. The predicted octanol–water partition coefficient (Wildman–Crippen LogP) is 7.39. The van der Waals surface area contributed by atoms with Crippen molar-refractivity contribution in [2.24, 2.45) is 11.8 Å². The third-order valence-corrected chi connectivity index (χ3v) is 6.35. The maximum atomic E-state index is 2.44. The molecule has 0 unspecified atom stereocenters. The first-order chi connectivity index (χ1) is 11.8. The van der Waals surface area contributed by atoms with Crippen LogP contribution < -0.4 is 0 Å². The maximum absolute atomic E-state index is 2.44. The molecule has 0 heteroatoms. The first-order valence-electron chi connectivity index (χ1n) is 10.2. The third kappa shape index (κ3) is 4.41. The maximum Gasteiger partial charge on any atom is -0.0162 e. The highest BCUT2D eigenvalue weighted by Gasteiger charge is 2.23. The largest absolute Gasteiger partial charge is 0.0914 e. The standard InChI is InChI=1S/C24H34/c1-3-5-19-7-11-21(12-8-19)23-15-17-24(18-16-23)22-13-9-20(6-4-2)10-14-22/h3-6,15-22H,7-14H2,1-2H3/b5-3+,6-4+. The Hall–Kier alpha value is -1.30. The van der Waals surface area contributed by atoms with E-state index >= 15 is 0 Å². The Morgan fingerprint density at radius 1 is 0.583 bits per heavy atom. The predicted molar refractivity (Wildman–Crippen MR) is 105 cm³/mol. The van der Waals surface area contributed by atoms with Crippen LogP contribution in [0, 0.1) is 11.8 Å². The summed E-state index contributed by atoms with van der Waals surface area (Å²) in [5.74, 6) is 3.26. The molecule has 1 aromatic rings. The summed E-state index contributed by atoms with van der Waals surface area (Å²) in [6, 6.07) is 9.75. The fraction of sp³-hybridized carbons (Fsp3) is 0.583. The van der Waals surface area contributed by atoms with Gasteiger partial charge in [0.1, 0.15) is 0 Å². The quantitative estimate of drug-likeness (QED) is 0.507. The second-order valence-electron chi connectivity index (χ2n) is 7.94. The first kappa shape index (κ1) is 17.5. The van der Waals surface area contributed by atoms with Crippen LogP contribution in [-0.2, 0) is 0 Å². The van der Waals surface area contributed by atoms with Crippen LogP contribution in [0.2, 0.25) is 0 Å². The van der Waals surface area contributed by atoms with Gasteiger partial charge in [-0.15, -0.1) is 0 Å². The smallest absolute Gasteiger partial charge is 0.0162 e. The Labute approximate surface area is 149 Å². The van der Waals surface area contributed by atoms with Crippen LogP contribution in [-0.4, -0.2) is 0 Å². The fourth-order valence-corrected chi connectivity index (χ4v) is 4.87. The minimum absolute atomic E-state index is 0.797. The van der Waals surface area contributed by atoms with Crippen LogP contribution in [0.15, 0.2) is 48.6 Å². The number of rotatable bonds is 4. The van der Waals surface area contributed by atoms with Gasteiger partial charge in [0, 0.05) is 0 Å². The van der Waals surface area contributed by atoms with E-state index in [-0.39, 0.29) is 0 Å². The van der Waals surface area contributed by atoms with Crippen molar-refractivity contribution in [3.05, 3.63) is 59.7 Å². The van der Waals surface area contributed by atoms with E-state index < -0.39 is 0 Å². The summed E-state index contributed by atoms with van der Waals surface area (Å²) >= 11 is 0. The minimum Gasteiger partial charge on any atom is -0.0914 e. The fourth-order valence-electron chi connectivity index (χ4n) is 4.87. The van der Waals surface area contributed by atoms with Crippen LogP contribution in [0.3, 0.4) is 0 Å². The molecule has 2 aliphatic rings. The minimum atomic E-state index is 0.797. The van der Waals surface area contributed by atoms with Gasteiger partial charge in [0.15, 0.2) is 0 Å². The lowest BCUT2D eigenvalue weighted by Gasteiger charge is -2.29. The summed E-state index contributed by atoms with van der Waals surface area (Å²) in [4.78, 5) is 0. The Morgan fingerprint density at radius 3 is 1.21 bits per heavy atom. The molecule has 0 saturated heterocycles. The van der Waals surface area contributed by atoms with Crippen molar-refractivity contribution in [1.82, 2.24) is 0 Å². The Bertz CT molecular complexity index is 481. The van der Waals surface area contributed by atoms with E-state index in [1.807, 2.05) is 0 Å². The lowest BCUT2D eigenvalue weighted by Crippen LogP contribution is -2.13. The molecule has 2 aliphatic carbocycles. The van der Waals surface area contributed by atoms with Gasteiger partial charge in [0.2, 0.25) is 0 Å². The SMILES string of the molecule is C/C=C/C1CCC(c2ccc(C3CCC(/C=C/C)CC3)cc2)CC1. The second-order valence-corrected chi connectivity index (χ2v) is 7.94. The number of hydrogen-bond donors (Lipinski definition) is 0. The van der Waals surface area contributed by atoms with Gasteiger partial charge in [-0.1, -0.05) is 48.6 Å². The van der Waals surface area contributed by atoms with Gasteiger partial charge in [-0.25, -0.2) is 0 Å². The molecule has 130 valence electrons. The van der Waals surface area contributed by atoms with Crippen molar-refractivity contribution in [3.63, 3.8) is 0 Å². The summed E-state index contributed by atoms with van der Waals surface area (Å²) < 4.78 is 0. The zero-order valence-corrected chi connectivity index (χ0v) is 15.6. The van der Waals surface area contributed by atoms with Crippen LogP contribution in [0.4, 0.5) is 0 Å². The number of allylic oxidation sites excluding steroid dienone is 4. The lowest BCUT2D eigenvalue weighted by atomic mass is 9.76. The van der Waals surface area contributed by atoms with Gasteiger partial charge in [-0.2, -0.15) is 0 Å². The van der Waals surface area contributed by atoms with E-state index in [1.54, 1.807) is 11.1 Å². The van der Waals surface area contributed by atoms with Crippen LogP contribution in [0.5, 0.6) is 0 Å². The van der Waals surface area contributed by atoms with Crippen LogP contribution >= 0.6 is 0 Å². The molecule has 0 amide bonds. The summed E-state index contributed by atoms with van der Waals surface area (Å²) in [5.41, 5.74) is 3.17. The third-order valence-electron chi connectivity index (χ3n) is 6.35. The molecule has 0 atom stereocenters. The van der Waals surface area contributed by atoms with Crippen molar-refractivity contribution >= 4 is 0 Å². The average Bonchev–Trinajstić information content (AvgIpc) is 2.64. The molecule has 0 spiro atoms. The summed E-state index contributed by atoms with van der Waals surface area (Å²) in [7, 11) is 0. The van der Waals surface area contributed by atoms with E-state index in [0.29, 0.717) is 0 Å². The zero-order valence-electron chi connectivity index (χ0n) is 15.6. The van der Waals surface area contributed by atoms with Gasteiger partial charge in [-0.05, 0) is 100 Å². The molecule has 2 fully saturated rings. The lowest BCUT2D eigenvalue weighted by molar-refractivity contribution is 0.372. The van der Waals surface area contributed by atoms with Gasteiger partial charge < -0.3 is 0 Å². The van der Waals surface area contributed by atoms with E-state index in [2.05, 4.69) is 62.4 Å². The highest BCUT2D eigenvalue weighted by atomic mass is 14.3. The molecule has 0 N–H and O–H groups in total. The summed E-state index contributed by atoms with van der Waals surface area (Å²) in [6.45, 7) is 4.30. The topological polar surface area (TPSA) is 0 Å². The van der Waals surface area contributed by atoms with Crippen molar-refractivity contribution < 1.29 is 0 Å². The molecule has 0 bridgehead atoms. The van der Waals surface area contributed by atoms with E-state index in [9.17, 15) is 0 Å². The highest BCUT2D eigenvalue weighted by molar-refractivity contribution is 5.28. The molecule has 0 nitrogen and oxygen atoms in total. The van der Waals surface area contributed by atoms with Gasteiger partial charge >= 0.3 is 0 Å². The van der Waals surface area contributed by atoms with Crippen molar-refractivity contribution in [2.75, 3.05) is 0 Å². The molecule has 3 rings (SSSR count). The van der Waals surface area contributed by atoms with Crippen molar-refractivity contribution in [1.29, 1.82) is 0 Å². The molecular weight excluding hydrogens is 288 g/mol. The highest BCUT2D eigenvalue weighted by Crippen LogP contribution is 2.39. The molecule has 0 aliphatic heterocycles. The molecule has 0 heterocycles. The molecule has 0 radical (unpaired) electrons. The molecular formula is C24H34.